The van der Waals surface area contributed by atoms with Crippen molar-refractivity contribution >= 4 is 0 Å². The van der Waals surface area contributed by atoms with Crippen molar-refractivity contribution in [3.8, 4) is 5.75 Å². The Balaban J connectivity index is 2.14. The first-order valence-electron chi connectivity index (χ1n) is 5.66. The van der Waals surface area contributed by atoms with Crippen molar-refractivity contribution in [2.45, 2.75) is 18.4 Å². The maximum atomic E-state index is 10.8. The van der Waals surface area contributed by atoms with Crippen LogP contribution in [0, 0.1) is 0 Å². The molecule has 0 spiro atoms. The fraction of sp³-hybridized carbons (Fsp3) is 0.286. The van der Waals surface area contributed by atoms with Gasteiger partial charge in [0, 0.05) is 5.56 Å². The van der Waals surface area contributed by atoms with Gasteiger partial charge in [-0.05, 0) is 42.2 Å². The van der Waals surface area contributed by atoms with Gasteiger partial charge in [0.1, 0.15) is 11.4 Å². The number of fused-ring (bicyclic) bond motifs is 1. The molecular formula is C14H14O3. The minimum absolute atomic E-state index is 0.690. The lowest BCUT2D eigenvalue weighted by Crippen LogP contribution is -2.23. The maximum Gasteiger partial charge on any atom is 0.119 e. The van der Waals surface area contributed by atoms with E-state index in [2.05, 4.69) is 0 Å². The van der Waals surface area contributed by atoms with E-state index in [1.165, 1.54) is 5.56 Å². The molecule has 1 N–H and O–H groups in total. The molecule has 1 aromatic carbocycles. The van der Waals surface area contributed by atoms with E-state index in [1.54, 1.807) is 19.6 Å². The van der Waals surface area contributed by atoms with E-state index in [-0.39, 0.29) is 0 Å². The van der Waals surface area contributed by atoms with Gasteiger partial charge in [0.15, 0.2) is 0 Å². The largest absolute Gasteiger partial charge is 0.497 e. The van der Waals surface area contributed by atoms with E-state index in [0.29, 0.717) is 6.42 Å². The lowest BCUT2D eigenvalue weighted by atomic mass is 9.90. The highest BCUT2D eigenvalue weighted by Gasteiger charge is 2.39. The monoisotopic (exact) mass is 230 g/mol. The van der Waals surface area contributed by atoms with E-state index < -0.39 is 5.60 Å². The third-order valence-electron chi connectivity index (χ3n) is 3.52. The summed E-state index contributed by atoms with van der Waals surface area (Å²) >= 11 is 0. The molecule has 0 aliphatic heterocycles. The van der Waals surface area contributed by atoms with Gasteiger partial charge < -0.3 is 14.3 Å². The second kappa shape index (κ2) is 3.64. The molecule has 17 heavy (non-hydrogen) atoms. The first-order chi connectivity index (χ1) is 8.24. The number of rotatable bonds is 2. The quantitative estimate of drug-likeness (QED) is 0.861. The molecule has 88 valence electrons. The molecule has 2 aromatic rings. The highest BCUT2D eigenvalue weighted by Crippen LogP contribution is 2.43. The van der Waals surface area contributed by atoms with Crippen molar-refractivity contribution in [1.82, 2.24) is 0 Å². The number of aliphatic hydroxyl groups is 1. The van der Waals surface area contributed by atoms with Crippen LogP contribution in [-0.4, -0.2) is 12.2 Å². The topological polar surface area (TPSA) is 42.6 Å². The highest BCUT2D eigenvalue weighted by atomic mass is 16.5. The number of methoxy groups -OCH3 is 1. The molecule has 1 atom stereocenters. The second-order valence-electron chi connectivity index (χ2n) is 4.40. The average molecular weight is 230 g/mol. The van der Waals surface area contributed by atoms with Crippen LogP contribution in [0.5, 0.6) is 5.75 Å². The van der Waals surface area contributed by atoms with Crippen molar-refractivity contribution in [3.63, 3.8) is 0 Å². The number of aryl methyl sites for hydroxylation is 1. The van der Waals surface area contributed by atoms with Gasteiger partial charge in [0.25, 0.3) is 0 Å². The standard InChI is InChI=1S/C14H14O3/c1-16-12-3-2-10-4-6-14(15,13(10)8-12)11-5-7-17-9-11/h2-3,5,7-9,15H,4,6H2,1H3. The first kappa shape index (κ1) is 10.4. The van der Waals surface area contributed by atoms with Gasteiger partial charge in [0.05, 0.1) is 19.6 Å². The van der Waals surface area contributed by atoms with Crippen LogP contribution in [-0.2, 0) is 12.0 Å². The molecule has 0 bridgehead atoms. The van der Waals surface area contributed by atoms with Gasteiger partial charge in [-0.2, -0.15) is 0 Å². The lowest BCUT2D eigenvalue weighted by Gasteiger charge is -2.22. The summed E-state index contributed by atoms with van der Waals surface area (Å²) in [6, 6.07) is 7.68. The molecular weight excluding hydrogens is 216 g/mol. The van der Waals surface area contributed by atoms with Crippen molar-refractivity contribution in [1.29, 1.82) is 0 Å². The van der Waals surface area contributed by atoms with Crippen LogP contribution in [0.3, 0.4) is 0 Å². The van der Waals surface area contributed by atoms with Crippen LogP contribution in [0.1, 0.15) is 23.1 Å². The fourth-order valence-corrected chi connectivity index (χ4v) is 2.54. The number of hydrogen-bond acceptors (Lipinski definition) is 3. The van der Waals surface area contributed by atoms with Crippen LogP contribution >= 0.6 is 0 Å². The van der Waals surface area contributed by atoms with Crippen LogP contribution in [0.4, 0.5) is 0 Å². The van der Waals surface area contributed by atoms with Gasteiger partial charge in [-0.25, -0.2) is 0 Å². The maximum absolute atomic E-state index is 10.8. The third-order valence-corrected chi connectivity index (χ3v) is 3.52. The Labute approximate surface area is 99.6 Å². The molecule has 1 aromatic heterocycles. The Bertz CT molecular complexity index is 530. The number of hydrogen-bond donors (Lipinski definition) is 1. The SMILES string of the molecule is COc1ccc2c(c1)C(O)(c1ccoc1)CC2. The molecule has 3 rings (SSSR count). The summed E-state index contributed by atoms with van der Waals surface area (Å²) in [5.41, 5.74) is 1.98. The number of furan rings is 1. The van der Waals surface area contributed by atoms with Crippen molar-refractivity contribution in [3.05, 3.63) is 53.5 Å². The lowest BCUT2D eigenvalue weighted by molar-refractivity contribution is 0.0820. The minimum Gasteiger partial charge on any atom is -0.497 e. The molecule has 1 aliphatic carbocycles. The molecule has 0 amide bonds. The van der Waals surface area contributed by atoms with Crippen molar-refractivity contribution in [2.24, 2.45) is 0 Å². The van der Waals surface area contributed by atoms with Gasteiger partial charge in [-0.15, -0.1) is 0 Å². The number of benzene rings is 1. The van der Waals surface area contributed by atoms with E-state index in [4.69, 9.17) is 9.15 Å². The summed E-state index contributed by atoms with van der Waals surface area (Å²) < 4.78 is 10.3. The van der Waals surface area contributed by atoms with Crippen LogP contribution in [0.2, 0.25) is 0 Å². The van der Waals surface area contributed by atoms with Gasteiger partial charge in [-0.3, -0.25) is 0 Å². The molecule has 0 fully saturated rings. The number of ether oxygens (including phenoxy) is 1. The van der Waals surface area contributed by atoms with Crippen LogP contribution < -0.4 is 4.74 Å². The van der Waals surface area contributed by atoms with Crippen LogP contribution in [0.15, 0.2) is 41.2 Å². The highest BCUT2D eigenvalue weighted by molar-refractivity contribution is 5.47. The van der Waals surface area contributed by atoms with E-state index in [1.807, 2.05) is 24.3 Å². The average Bonchev–Trinajstić information content (AvgIpc) is 2.98. The smallest absolute Gasteiger partial charge is 0.119 e. The Morgan fingerprint density at radius 2 is 2.24 bits per heavy atom. The summed E-state index contributed by atoms with van der Waals surface area (Å²) in [7, 11) is 1.63. The molecule has 3 nitrogen and oxygen atoms in total. The normalized spacial score (nSPS) is 22.5. The third kappa shape index (κ3) is 1.46. The predicted molar refractivity (Wildman–Crippen MR) is 63.0 cm³/mol. The molecule has 1 aliphatic rings. The molecule has 3 heteroatoms. The summed E-state index contributed by atoms with van der Waals surface area (Å²) in [5.74, 6) is 0.771. The summed E-state index contributed by atoms with van der Waals surface area (Å²) in [5, 5.41) is 10.8. The Morgan fingerprint density at radius 1 is 1.35 bits per heavy atom. The van der Waals surface area contributed by atoms with Gasteiger partial charge >= 0.3 is 0 Å². The Hall–Kier alpha value is -1.74. The van der Waals surface area contributed by atoms with Gasteiger partial charge in [0.2, 0.25) is 0 Å². The Morgan fingerprint density at radius 3 is 2.94 bits per heavy atom. The Kier molecular flexibility index (Phi) is 2.23. The van der Waals surface area contributed by atoms with Gasteiger partial charge in [-0.1, -0.05) is 6.07 Å². The fourth-order valence-electron chi connectivity index (χ4n) is 2.54. The molecule has 0 saturated carbocycles. The molecule has 0 saturated heterocycles. The van der Waals surface area contributed by atoms with Crippen molar-refractivity contribution < 1.29 is 14.3 Å². The van der Waals surface area contributed by atoms with E-state index in [0.717, 1.165) is 23.3 Å². The summed E-state index contributed by atoms with van der Waals surface area (Å²) in [6.07, 6.45) is 4.76. The molecule has 1 heterocycles. The zero-order valence-electron chi connectivity index (χ0n) is 9.64. The van der Waals surface area contributed by atoms with E-state index >= 15 is 0 Å². The van der Waals surface area contributed by atoms with E-state index in [9.17, 15) is 5.11 Å². The summed E-state index contributed by atoms with van der Waals surface area (Å²) in [6.45, 7) is 0. The zero-order valence-corrected chi connectivity index (χ0v) is 9.64. The zero-order chi connectivity index (χ0) is 11.9. The first-order valence-corrected chi connectivity index (χ1v) is 5.66. The molecule has 0 radical (unpaired) electrons. The minimum atomic E-state index is -0.934. The predicted octanol–water partition coefficient (Wildman–Crippen LogP) is 2.47. The van der Waals surface area contributed by atoms with Crippen LogP contribution in [0.25, 0.3) is 0 Å². The summed E-state index contributed by atoms with van der Waals surface area (Å²) in [4.78, 5) is 0. The second-order valence-corrected chi connectivity index (χ2v) is 4.40. The molecule has 1 unspecified atom stereocenters. The van der Waals surface area contributed by atoms with Crippen molar-refractivity contribution in [2.75, 3.05) is 7.11 Å².